The summed E-state index contributed by atoms with van der Waals surface area (Å²) in [5.74, 6) is 0.334. The molecule has 1 fully saturated rings. The van der Waals surface area contributed by atoms with Crippen molar-refractivity contribution < 1.29 is 14.3 Å². The maximum Gasteiger partial charge on any atom is 0.245 e. The minimum Gasteiger partial charge on any atom is -0.374 e. The summed E-state index contributed by atoms with van der Waals surface area (Å²) in [6.45, 7) is 13.0. The van der Waals surface area contributed by atoms with E-state index in [2.05, 4.69) is 19.2 Å². The van der Waals surface area contributed by atoms with Crippen molar-refractivity contribution in [2.45, 2.75) is 72.1 Å². The van der Waals surface area contributed by atoms with E-state index in [-0.39, 0.29) is 23.5 Å². The fourth-order valence-corrected chi connectivity index (χ4v) is 2.52. The lowest BCUT2D eigenvalue weighted by molar-refractivity contribution is -0.137. The van der Waals surface area contributed by atoms with Crippen molar-refractivity contribution in [3.63, 3.8) is 0 Å². The Morgan fingerprint density at radius 3 is 2.48 bits per heavy atom. The molecular weight excluding hydrogens is 268 g/mol. The number of ether oxygens (including phenoxy) is 1. The van der Waals surface area contributed by atoms with Crippen LogP contribution in [0.5, 0.6) is 0 Å². The number of nitrogens with zero attached hydrogens (tertiary/aromatic N) is 1. The number of rotatable bonds is 5. The van der Waals surface area contributed by atoms with E-state index in [0.717, 1.165) is 0 Å². The third kappa shape index (κ3) is 6.04. The zero-order valence-corrected chi connectivity index (χ0v) is 14.2. The van der Waals surface area contributed by atoms with Gasteiger partial charge in [0.05, 0.1) is 12.2 Å². The molecule has 2 amide bonds. The van der Waals surface area contributed by atoms with Gasteiger partial charge in [-0.05, 0) is 40.0 Å². The van der Waals surface area contributed by atoms with Gasteiger partial charge in [0.15, 0.2) is 0 Å². The van der Waals surface area contributed by atoms with E-state index in [1.807, 2.05) is 27.7 Å². The lowest BCUT2D eigenvalue weighted by Gasteiger charge is -2.30. The normalized spacial score (nSPS) is 24.2. The monoisotopic (exact) mass is 298 g/mol. The highest BCUT2D eigenvalue weighted by molar-refractivity contribution is 5.90. The van der Waals surface area contributed by atoms with E-state index in [0.29, 0.717) is 31.9 Å². The lowest BCUT2D eigenvalue weighted by Crippen LogP contribution is -2.48. The second-order valence-corrected chi connectivity index (χ2v) is 7.30. The van der Waals surface area contributed by atoms with Crippen molar-refractivity contribution in [1.29, 1.82) is 0 Å². The van der Waals surface area contributed by atoms with Gasteiger partial charge < -0.3 is 15.0 Å². The average Bonchev–Trinajstić information content (AvgIpc) is 2.38. The molecule has 2 atom stereocenters. The van der Waals surface area contributed by atoms with Crippen molar-refractivity contribution in [3.05, 3.63) is 0 Å². The summed E-state index contributed by atoms with van der Waals surface area (Å²) in [5, 5.41) is 2.86. The predicted molar refractivity (Wildman–Crippen MR) is 82.9 cm³/mol. The molecule has 0 bridgehead atoms. The van der Waals surface area contributed by atoms with Crippen LogP contribution >= 0.6 is 0 Å². The largest absolute Gasteiger partial charge is 0.374 e. The van der Waals surface area contributed by atoms with Crippen molar-refractivity contribution in [2.24, 2.45) is 5.92 Å². The summed E-state index contributed by atoms with van der Waals surface area (Å²) in [6.07, 6.45) is 1.03. The van der Waals surface area contributed by atoms with Crippen LogP contribution in [0.1, 0.15) is 54.4 Å². The molecule has 0 aromatic rings. The van der Waals surface area contributed by atoms with E-state index in [1.54, 1.807) is 4.90 Å². The Bertz CT molecular complexity index is 374. The first-order valence-electron chi connectivity index (χ1n) is 7.84. The summed E-state index contributed by atoms with van der Waals surface area (Å²) in [4.78, 5) is 26.3. The van der Waals surface area contributed by atoms with Crippen LogP contribution in [-0.2, 0) is 14.3 Å². The zero-order valence-electron chi connectivity index (χ0n) is 14.2. The molecule has 0 saturated carbocycles. The zero-order chi connectivity index (χ0) is 16.2. The fourth-order valence-electron chi connectivity index (χ4n) is 2.52. The van der Waals surface area contributed by atoms with Gasteiger partial charge >= 0.3 is 0 Å². The van der Waals surface area contributed by atoms with Crippen LogP contribution in [0.4, 0.5) is 0 Å². The Morgan fingerprint density at radius 1 is 1.33 bits per heavy atom. The molecule has 21 heavy (non-hydrogen) atoms. The quantitative estimate of drug-likeness (QED) is 0.844. The van der Waals surface area contributed by atoms with Crippen LogP contribution in [0, 0.1) is 5.92 Å². The van der Waals surface area contributed by atoms with E-state index in [4.69, 9.17) is 4.74 Å². The molecule has 122 valence electrons. The van der Waals surface area contributed by atoms with Gasteiger partial charge in [0, 0.05) is 19.0 Å². The van der Waals surface area contributed by atoms with Gasteiger partial charge in [-0.1, -0.05) is 13.8 Å². The summed E-state index contributed by atoms with van der Waals surface area (Å²) in [6, 6.07) is -0.490. The molecule has 0 radical (unpaired) electrons. The van der Waals surface area contributed by atoms with Gasteiger partial charge in [0.1, 0.15) is 6.04 Å². The Kier molecular flexibility index (Phi) is 6.20. The van der Waals surface area contributed by atoms with Gasteiger partial charge in [-0.15, -0.1) is 0 Å². The van der Waals surface area contributed by atoms with Crippen LogP contribution in [0.25, 0.3) is 0 Å². The molecular formula is C16H30N2O3. The molecule has 1 heterocycles. The third-order valence-electron chi connectivity index (χ3n) is 3.50. The smallest absolute Gasteiger partial charge is 0.245 e. The molecule has 0 aromatic carbocycles. The maximum absolute atomic E-state index is 12.6. The first kappa shape index (κ1) is 18.0. The molecule has 1 aliphatic rings. The number of carbonyl (C=O) groups excluding carboxylic acids is 2. The minimum absolute atomic E-state index is 0.0135. The van der Waals surface area contributed by atoms with Gasteiger partial charge in [-0.2, -0.15) is 0 Å². The number of hydrogen-bond acceptors (Lipinski definition) is 3. The van der Waals surface area contributed by atoms with E-state index >= 15 is 0 Å². The van der Waals surface area contributed by atoms with Crippen LogP contribution in [0.2, 0.25) is 0 Å². The Labute approximate surface area is 128 Å². The second-order valence-electron chi connectivity index (χ2n) is 7.30. The first-order valence-corrected chi connectivity index (χ1v) is 7.84. The SMILES string of the molecule is CC(C)CC1NC(=O)CC(C)N(CCOC(C)(C)C)C1=O. The number of carbonyl (C=O) groups is 2. The molecule has 0 spiro atoms. The van der Waals surface area contributed by atoms with Crippen molar-refractivity contribution in [2.75, 3.05) is 13.2 Å². The Hall–Kier alpha value is -1.10. The van der Waals surface area contributed by atoms with E-state index in [9.17, 15) is 9.59 Å². The van der Waals surface area contributed by atoms with Gasteiger partial charge in [0.25, 0.3) is 0 Å². The molecule has 2 unspecified atom stereocenters. The maximum atomic E-state index is 12.6. The summed E-state index contributed by atoms with van der Waals surface area (Å²) in [5.41, 5.74) is -0.219. The molecule has 0 aromatic heterocycles. The standard InChI is InChI=1S/C16H30N2O3/c1-11(2)9-13-15(20)18(7-8-21-16(4,5)6)12(3)10-14(19)17-13/h11-13H,7-10H2,1-6H3,(H,17,19). The molecule has 5 nitrogen and oxygen atoms in total. The van der Waals surface area contributed by atoms with Crippen LogP contribution in [0.15, 0.2) is 0 Å². The van der Waals surface area contributed by atoms with E-state index in [1.165, 1.54) is 0 Å². The first-order chi connectivity index (χ1) is 9.60. The molecule has 5 heteroatoms. The third-order valence-corrected chi connectivity index (χ3v) is 3.50. The molecule has 1 rings (SSSR count). The van der Waals surface area contributed by atoms with Crippen molar-refractivity contribution >= 4 is 11.8 Å². The fraction of sp³-hybridized carbons (Fsp3) is 0.875. The summed E-state index contributed by atoms with van der Waals surface area (Å²) < 4.78 is 5.71. The average molecular weight is 298 g/mol. The number of nitrogens with one attached hydrogen (secondary N) is 1. The minimum atomic E-state index is -0.405. The molecule has 1 saturated heterocycles. The van der Waals surface area contributed by atoms with E-state index < -0.39 is 6.04 Å². The summed E-state index contributed by atoms with van der Waals surface area (Å²) in [7, 11) is 0. The number of hydrogen-bond donors (Lipinski definition) is 1. The predicted octanol–water partition coefficient (Wildman–Crippen LogP) is 1.95. The van der Waals surface area contributed by atoms with Crippen LogP contribution in [0.3, 0.4) is 0 Å². The highest BCUT2D eigenvalue weighted by atomic mass is 16.5. The van der Waals surface area contributed by atoms with Crippen molar-refractivity contribution in [1.82, 2.24) is 10.2 Å². The van der Waals surface area contributed by atoms with Gasteiger partial charge in [-0.25, -0.2) is 0 Å². The second kappa shape index (κ2) is 7.25. The highest BCUT2D eigenvalue weighted by Gasteiger charge is 2.34. The number of amides is 2. The van der Waals surface area contributed by atoms with Crippen LogP contribution in [-0.4, -0.2) is 47.6 Å². The molecule has 0 aliphatic carbocycles. The van der Waals surface area contributed by atoms with Crippen LogP contribution < -0.4 is 5.32 Å². The van der Waals surface area contributed by atoms with Gasteiger partial charge in [-0.3, -0.25) is 9.59 Å². The highest BCUT2D eigenvalue weighted by Crippen LogP contribution is 2.16. The Balaban J connectivity index is 2.73. The summed E-state index contributed by atoms with van der Waals surface area (Å²) >= 11 is 0. The molecule has 1 aliphatic heterocycles. The Morgan fingerprint density at radius 2 is 1.95 bits per heavy atom. The van der Waals surface area contributed by atoms with Crippen molar-refractivity contribution in [3.8, 4) is 0 Å². The topological polar surface area (TPSA) is 58.6 Å². The molecule has 1 N–H and O–H groups in total. The van der Waals surface area contributed by atoms with Gasteiger partial charge in [0.2, 0.25) is 11.8 Å². The lowest BCUT2D eigenvalue weighted by atomic mass is 10.0.